The maximum atomic E-state index is 13.8. The number of sulfonamides is 1. The van der Waals surface area contributed by atoms with Crippen LogP contribution in [0.2, 0.25) is 0 Å². The predicted octanol–water partition coefficient (Wildman–Crippen LogP) is 3.44. The zero-order chi connectivity index (χ0) is 20.4. The lowest BCUT2D eigenvalue weighted by Gasteiger charge is -2.28. The number of carboxylic acids is 1. The molecular formula is C18H19F2NO5S. The molecule has 1 unspecified atom stereocenters. The third-order valence-corrected chi connectivity index (χ3v) is 6.08. The van der Waals surface area contributed by atoms with E-state index in [0.717, 1.165) is 4.31 Å². The number of carbonyl (C=O) groups is 1. The molecule has 27 heavy (non-hydrogen) atoms. The van der Waals surface area contributed by atoms with Crippen LogP contribution in [0.1, 0.15) is 35.3 Å². The molecule has 0 aliphatic carbocycles. The molecule has 0 saturated heterocycles. The second-order valence-electron chi connectivity index (χ2n) is 5.76. The van der Waals surface area contributed by atoms with Gasteiger partial charge in [0.15, 0.2) is 11.6 Å². The SMILES string of the molecule is CCC(c1ccccc1OC)N(C)S(=O)(=O)c1cc(F)c(F)c(C(=O)O)c1. The minimum absolute atomic E-state index is 0.367. The van der Waals surface area contributed by atoms with Crippen molar-refractivity contribution in [3.05, 3.63) is 59.2 Å². The molecule has 0 aliphatic heterocycles. The summed E-state index contributed by atoms with van der Waals surface area (Å²) >= 11 is 0. The van der Waals surface area contributed by atoms with Crippen LogP contribution in [-0.2, 0) is 10.0 Å². The van der Waals surface area contributed by atoms with E-state index in [1.54, 1.807) is 31.2 Å². The summed E-state index contributed by atoms with van der Waals surface area (Å²) in [7, 11) is -1.57. The van der Waals surface area contributed by atoms with E-state index >= 15 is 0 Å². The van der Waals surface area contributed by atoms with Gasteiger partial charge in [0, 0.05) is 12.6 Å². The molecule has 2 rings (SSSR count). The summed E-state index contributed by atoms with van der Waals surface area (Å²) in [6.07, 6.45) is 0.367. The Morgan fingerprint density at radius 1 is 1.26 bits per heavy atom. The molecular weight excluding hydrogens is 380 g/mol. The Labute approximate surface area is 156 Å². The van der Waals surface area contributed by atoms with E-state index in [0.29, 0.717) is 29.9 Å². The van der Waals surface area contributed by atoms with Crippen molar-refractivity contribution in [1.82, 2.24) is 4.31 Å². The average Bonchev–Trinajstić information content (AvgIpc) is 2.64. The molecule has 1 N–H and O–H groups in total. The minimum atomic E-state index is -4.31. The van der Waals surface area contributed by atoms with E-state index in [1.807, 2.05) is 0 Å². The molecule has 0 amide bonds. The van der Waals surface area contributed by atoms with E-state index in [4.69, 9.17) is 9.84 Å². The van der Waals surface area contributed by atoms with Crippen molar-refractivity contribution >= 4 is 16.0 Å². The van der Waals surface area contributed by atoms with Crippen molar-refractivity contribution in [2.24, 2.45) is 0 Å². The number of hydrogen-bond donors (Lipinski definition) is 1. The van der Waals surface area contributed by atoms with Gasteiger partial charge in [-0.1, -0.05) is 25.1 Å². The molecule has 1 atom stereocenters. The fraction of sp³-hybridized carbons (Fsp3) is 0.278. The highest BCUT2D eigenvalue weighted by Crippen LogP contribution is 2.34. The molecule has 0 spiro atoms. The Morgan fingerprint density at radius 2 is 1.89 bits per heavy atom. The van der Waals surface area contributed by atoms with Crippen LogP contribution in [0.15, 0.2) is 41.3 Å². The second kappa shape index (κ2) is 8.01. The van der Waals surface area contributed by atoms with E-state index < -0.39 is 44.1 Å². The van der Waals surface area contributed by atoms with E-state index in [-0.39, 0.29) is 0 Å². The lowest BCUT2D eigenvalue weighted by molar-refractivity contribution is 0.0690. The van der Waals surface area contributed by atoms with Gasteiger partial charge < -0.3 is 9.84 Å². The first kappa shape index (κ1) is 20.8. The quantitative estimate of drug-likeness (QED) is 0.771. The molecule has 0 aliphatic rings. The fourth-order valence-corrected chi connectivity index (χ4v) is 4.27. The van der Waals surface area contributed by atoms with Gasteiger partial charge in [-0.3, -0.25) is 0 Å². The number of carboxylic acid groups (broad SMARTS) is 1. The highest BCUT2D eigenvalue weighted by molar-refractivity contribution is 7.89. The fourth-order valence-electron chi connectivity index (χ4n) is 2.82. The summed E-state index contributed by atoms with van der Waals surface area (Å²) in [5.41, 5.74) is -0.457. The van der Waals surface area contributed by atoms with Gasteiger partial charge in [0.2, 0.25) is 10.0 Å². The standard InChI is InChI=1S/C18H19F2NO5S/c1-4-15(12-7-5-6-8-16(12)26-3)21(2)27(24,25)11-9-13(18(22)23)17(20)14(19)10-11/h5-10,15H,4H2,1-3H3,(H,22,23). The van der Waals surface area contributed by atoms with Crippen LogP contribution >= 0.6 is 0 Å². The van der Waals surface area contributed by atoms with Crippen LogP contribution in [0.5, 0.6) is 5.75 Å². The zero-order valence-corrected chi connectivity index (χ0v) is 15.8. The highest BCUT2D eigenvalue weighted by Gasteiger charge is 2.32. The van der Waals surface area contributed by atoms with Crippen molar-refractivity contribution < 1.29 is 31.8 Å². The van der Waals surface area contributed by atoms with Crippen LogP contribution in [-0.4, -0.2) is 38.0 Å². The number of methoxy groups -OCH3 is 1. The van der Waals surface area contributed by atoms with Crippen molar-refractivity contribution in [2.45, 2.75) is 24.3 Å². The summed E-state index contributed by atoms with van der Waals surface area (Å²) in [6.45, 7) is 1.76. The third kappa shape index (κ3) is 3.93. The van der Waals surface area contributed by atoms with Gasteiger partial charge in [0.1, 0.15) is 5.75 Å². The second-order valence-corrected chi connectivity index (χ2v) is 7.76. The Balaban J connectivity index is 2.56. The summed E-state index contributed by atoms with van der Waals surface area (Å²) < 4.78 is 59.6. The van der Waals surface area contributed by atoms with E-state index in [1.165, 1.54) is 14.2 Å². The molecule has 0 aromatic heterocycles. The van der Waals surface area contributed by atoms with Gasteiger partial charge in [0.05, 0.1) is 23.6 Å². The third-order valence-electron chi connectivity index (χ3n) is 4.23. The monoisotopic (exact) mass is 399 g/mol. The minimum Gasteiger partial charge on any atom is -0.496 e. The van der Waals surface area contributed by atoms with Gasteiger partial charge in [-0.2, -0.15) is 4.31 Å². The van der Waals surface area contributed by atoms with Crippen molar-refractivity contribution in [3.8, 4) is 5.75 Å². The van der Waals surface area contributed by atoms with Crippen LogP contribution < -0.4 is 4.74 Å². The van der Waals surface area contributed by atoms with E-state index in [9.17, 15) is 22.0 Å². The first-order chi connectivity index (χ1) is 12.6. The van der Waals surface area contributed by atoms with Gasteiger partial charge in [-0.25, -0.2) is 22.0 Å². The maximum Gasteiger partial charge on any atom is 0.338 e. The smallest absolute Gasteiger partial charge is 0.338 e. The summed E-state index contributed by atoms with van der Waals surface area (Å²) in [5, 5.41) is 8.99. The first-order valence-corrected chi connectivity index (χ1v) is 9.42. The molecule has 0 heterocycles. The van der Waals surface area contributed by atoms with Crippen molar-refractivity contribution in [3.63, 3.8) is 0 Å². The molecule has 2 aromatic carbocycles. The van der Waals surface area contributed by atoms with Gasteiger partial charge in [0.25, 0.3) is 0 Å². The predicted molar refractivity (Wildman–Crippen MR) is 94.3 cm³/mol. The van der Waals surface area contributed by atoms with Gasteiger partial charge in [-0.15, -0.1) is 0 Å². The first-order valence-electron chi connectivity index (χ1n) is 7.98. The molecule has 9 heteroatoms. The molecule has 0 fully saturated rings. The maximum absolute atomic E-state index is 13.8. The zero-order valence-electron chi connectivity index (χ0n) is 14.9. The number of nitrogens with zero attached hydrogens (tertiary/aromatic N) is 1. The lowest BCUT2D eigenvalue weighted by atomic mass is 10.0. The summed E-state index contributed by atoms with van der Waals surface area (Å²) in [5.74, 6) is -4.45. The molecule has 2 aromatic rings. The molecule has 146 valence electrons. The number of aromatic carboxylic acids is 1. The molecule has 6 nitrogen and oxygen atoms in total. The lowest BCUT2D eigenvalue weighted by Crippen LogP contribution is -2.31. The number of hydrogen-bond acceptors (Lipinski definition) is 4. The van der Waals surface area contributed by atoms with Crippen LogP contribution in [0.3, 0.4) is 0 Å². The van der Waals surface area contributed by atoms with Crippen molar-refractivity contribution in [1.29, 1.82) is 0 Å². The van der Waals surface area contributed by atoms with Crippen LogP contribution in [0.25, 0.3) is 0 Å². The highest BCUT2D eigenvalue weighted by atomic mass is 32.2. The number of benzene rings is 2. The molecule has 0 bridgehead atoms. The van der Waals surface area contributed by atoms with Crippen LogP contribution in [0, 0.1) is 11.6 Å². The Morgan fingerprint density at radius 3 is 2.44 bits per heavy atom. The van der Waals surface area contributed by atoms with Gasteiger partial charge in [-0.05, 0) is 24.6 Å². The normalized spacial score (nSPS) is 12.8. The molecule has 0 saturated carbocycles. The number of halogens is 2. The van der Waals surface area contributed by atoms with Crippen molar-refractivity contribution in [2.75, 3.05) is 14.2 Å². The van der Waals surface area contributed by atoms with Gasteiger partial charge >= 0.3 is 5.97 Å². The number of rotatable bonds is 7. The largest absolute Gasteiger partial charge is 0.496 e. The summed E-state index contributed by atoms with van der Waals surface area (Å²) in [4.78, 5) is 10.4. The van der Waals surface area contributed by atoms with Crippen LogP contribution in [0.4, 0.5) is 8.78 Å². The Kier molecular flexibility index (Phi) is 6.17. The Hall–Kier alpha value is -2.52. The average molecular weight is 399 g/mol. The molecule has 0 radical (unpaired) electrons. The topological polar surface area (TPSA) is 83.9 Å². The number of para-hydroxylation sites is 1. The number of ether oxygens (including phenoxy) is 1. The van der Waals surface area contributed by atoms with E-state index in [2.05, 4.69) is 0 Å². The summed E-state index contributed by atoms with van der Waals surface area (Å²) in [6, 6.07) is 7.27. The Bertz CT molecular complexity index is 962.